The summed E-state index contributed by atoms with van der Waals surface area (Å²) in [6, 6.07) is 4.31. The van der Waals surface area contributed by atoms with Crippen molar-refractivity contribution in [1.29, 1.82) is 0 Å². The van der Waals surface area contributed by atoms with Gasteiger partial charge in [0.05, 0.1) is 9.95 Å². The third kappa shape index (κ3) is 3.35. The number of benzene rings is 1. The van der Waals surface area contributed by atoms with Crippen LogP contribution in [0.15, 0.2) is 30.6 Å². The lowest BCUT2D eigenvalue weighted by Crippen LogP contribution is -2.04. The molecule has 0 radical (unpaired) electrons. The molecule has 1 aromatic heterocycles. The largest absolute Gasteiger partial charge is 0.350 e. The van der Waals surface area contributed by atoms with Gasteiger partial charge in [0.25, 0.3) is 0 Å². The van der Waals surface area contributed by atoms with Crippen LogP contribution in [0, 0.1) is 15.9 Å². The first kappa shape index (κ1) is 13.2. The zero-order chi connectivity index (χ0) is 13.8. The van der Waals surface area contributed by atoms with E-state index in [0.717, 1.165) is 18.0 Å². The number of rotatable bonds is 4. The second-order valence-corrected chi connectivity index (χ2v) is 4.03. The topological polar surface area (TPSA) is 81.0 Å². The summed E-state index contributed by atoms with van der Waals surface area (Å²) in [7, 11) is 0. The first-order valence-corrected chi connectivity index (χ1v) is 5.58. The highest BCUT2D eigenvalue weighted by Crippen LogP contribution is 2.16. The van der Waals surface area contributed by atoms with Crippen molar-refractivity contribution in [2.45, 2.75) is 6.54 Å². The molecular weight excluding hydrogens is 275 g/mol. The van der Waals surface area contributed by atoms with Gasteiger partial charge in [0.1, 0.15) is 18.2 Å². The summed E-state index contributed by atoms with van der Waals surface area (Å²) < 4.78 is 12.9. The Morgan fingerprint density at radius 3 is 2.63 bits per heavy atom. The van der Waals surface area contributed by atoms with Crippen LogP contribution in [-0.2, 0) is 6.54 Å². The van der Waals surface area contributed by atoms with Crippen molar-refractivity contribution in [1.82, 2.24) is 9.97 Å². The van der Waals surface area contributed by atoms with Gasteiger partial charge >= 0.3 is 5.69 Å². The highest BCUT2D eigenvalue weighted by Gasteiger charge is 2.06. The standard InChI is InChI=1S/C11H8ClFN4O2/c12-9-3-7(1-2-10(9)13)4-14-11-15-5-8(6-16-11)17(18)19/h1-3,5-6H,4H2,(H,14,15,16). The molecular formula is C11H8ClFN4O2. The quantitative estimate of drug-likeness (QED) is 0.689. The van der Waals surface area contributed by atoms with Crippen molar-refractivity contribution < 1.29 is 9.31 Å². The number of halogens is 2. The van der Waals surface area contributed by atoms with E-state index in [2.05, 4.69) is 15.3 Å². The first-order chi connectivity index (χ1) is 9.06. The normalized spacial score (nSPS) is 10.2. The lowest BCUT2D eigenvalue weighted by Gasteiger charge is -2.05. The van der Waals surface area contributed by atoms with Gasteiger partial charge in [-0.2, -0.15) is 0 Å². The molecule has 8 heteroatoms. The molecule has 2 rings (SSSR count). The summed E-state index contributed by atoms with van der Waals surface area (Å²) in [5.74, 6) is -0.247. The van der Waals surface area contributed by atoms with Crippen LogP contribution in [0.1, 0.15) is 5.56 Å². The van der Waals surface area contributed by atoms with Crippen molar-refractivity contribution in [3.8, 4) is 0 Å². The Hall–Kier alpha value is -2.28. The van der Waals surface area contributed by atoms with Crippen molar-refractivity contribution in [3.05, 3.63) is 57.1 Å². The lowest BCUT2D eigenvalue weighted by atomic mass is 10.2. The minimum absolute atomic E-state index is 0.0314. The van der Waals surface area contributed by atoms with Crippen LogP contribution in [0.5, 0.6) is 0 Å². The van der Waals surface area contributed by atoms with Crippen LogP contribution >= 0.6 is 11.6 Å². The molecule has 19 heavy (non-hydrogen) atoms. The molecule has 0 spiro atoms. The van der Waals surface area contributed by atoms with Gasteiger partial charge in [0.2, 0.25) is 5.95 Å². The van der Waals surface area contributed by atoms with Crippen molar-refractivity contribution in [2.24, 2.45) is 0 Å². The average Bonchev–Trinajstić information content (AvgIpc) is 2.40. The molecule has 0 fully saturated rings. The lowest BCUT2D eigenvalue weighted by molar-refractivity contribution is -0.385. The minimum atomic E-state index is -0.580. The number of aromatic nitrogens is 2. The fourth-order valence-corrected chi connectivity index (χ4v) is 1.54. The molecule has 0 atom stereocenters. The second-order valence-electron chi connectivity index (χ2n) is 3.62. The maximum Gasteiger partial charge on any atom is 0.305 e. The van der Waals surface area contributed by atoms with Gasteiger partial charge in [-0.3, -0.25) is 10.1 Å². The third-order valence-corrected chi connectivity index (χ3v) is 2.57. The smallest absolute Gasteiger partial charge is 0.305 e. The molecule has 2 aromatic rings. The fraction of sp³-hybridized carbons (Fsp3) is 0.0909. The van der Waals surface area contributed by atoms with Crippen molar-refractivity contribution in [2.75, 3.05) is 5.32 Å². The summed E-state index contributed by atoms with van der Waals surface area (Å²) in [6.07, 6.45) is 2.21. The molecule has 0 saturated carbocycles. The van der Waals surface area contributed by atoms with Crippen molar-refractivity contribution in [3.63, 3.8) is 0 Å². The van der Waals surface area contributed by atoms with Gasteiger partial charge in [-0.15, -0.1) is 0 Å². The number of hydrogen-bond donors (Lipinski definition) is 1. The van der Waals surface area contributed by atoms with E-state index in [4.69, 9.17) is 11.6 Å². The van der Waals surface area contributed by atoms with Gasteiger partial charge in [-0.25, -0.2) is 14.4 Å². The number of hydrogen-bond acceptors (Lipinski definition) is 5. The van der Waals surface area contributed by atoms with Crippen LogP contribution in [-0.4, -0.2) is 14.9 Å². The Kier molecular flexibility index (Phi) is 3.86. The van der Waals surface area contributed by atoms with E-state index in [0.29, 0.717) is 6.54 Å². The fourth-order valence-electron chi connectivity index (χ4n) is 1.34. The highest BCUT2D eigenvalue weighted by molar-refractivity contribution is 6.30. The SMILES string of the molecule is O=[N+]([O-])c1cnc(NCc2ccc(F)c(Cl)c2)nc1. The van der Waals surface area contributed by atoms with Crippen LogP contribution in [0.4, 0.5) is 16.0 Å². The van der Waals surface area contributed by atoms with E-state index in [1.165, 1.54) is 12.1 Å². The monoisotopic (exact) mass is 282 g/mol. The van der Waals surface area contributed by atoms with E-state index < -0.39 is 10.7 Å². The molecule has 0 unspecified atom stereocenters. The maximum absolute atomic E-state index is 12.9. The molecule has 0 aliphatic carbocycles. The summed E-state index contributed by atoms with van der Waals surface area (Å²) in [5, 5.41) is 13.3. The average molecular weight is 283 g/mol. The summed E-state index contributed by atoms with van der Waals surface area (Å²) in [4.78, 5) is 17.4. The molecule has 1 aromatic carbocycles. The van der Waals surface area contributed by atoms with Gasteiger partial charge in [0, 0.05) is 6.54 Å². The minimum Gasteiger partial charge on any atom is -0.350 e. The maximum atomic E-state index is 12.9. The van der Waals surface area contributed by atoms with Gasteiger partial charge in [-0.05, 0) is 17.7 Å². The third-order valence-electron chi connectivity index (χ3n) is 2.28. The van der Waals surface area contributed by atoms with Gasteiger partial charge < -0.3 is 5.32 Å². The van der Waals surface area contributed by atoms with Crippen LogP contribution in [0.2, 0.25) is 5.02 Å². The second kappa shape index (κ2) is 5.57. The van der Waals surface area contributed by atoms with Gasteiger partial charge in [0.15, 0.2) is 0 Å². The molecule has 6 nitrogen and oxygen atoms in total. The van der Waals surface area contributed by atoms with E-state index in [1.54, 1.807) is 6.07 Å². The van der Waals surface area contributed by atoms with Crippen LogP contribution in [0.3, 0.4) is 0 Å². The molecule has 0 bridgehead atoms. The molecule has 0 aliphatic rings. The Labute approximate surface area is 112 Å². The molecule has 1 heterocycles. The van der Waals surface area contributed by atoms with Gasteiger partial charge in [-0.1, -0.05) is 17.7 Å². The zero-order valence-electron chi connectivity index (χ0n) is 9.51. The number of nitrogens with zero attached hydrogens (tertiary/aromatic N) is 3. The predicted octanol–water partition coefficient (Wildman–Crippen LogP) is 2.79. The molecule has 0 aliphatic heterocycles. The summed E-state index contributed by atoms with van der Waals surface area (Å²) in [5.41, 5.74) is 0.559. The first-order valence-electron chi connectivity index (χ1n) is 5.20. The Bertz CT molecular complexity index is 606. The predicted molar refractivity (Wildman–Crippen MR) is 67.4 cm³/mol. The Balaban J connectivity index is 2.01. The molecule has 1 N–H and O–H groups in total. The highest BCUT2D eigenvalue weighted by atomic mass is 35.5. The Morgan fingerprint density at radius 1 is 1.37 bits per heavy atom. The zero-order valence-corrected chi connectivity index (χ0v) is 10.3. The van der Waals surface area contributed by atoms with E-state index in [9.17, 15) is 14.5 Å². The molecule has 98 valence electrons. The molecule has 0 amide bonds. The van der Waals surface area contributed by atoms with E-state index in [-0.39, 0.29) is 16.7 Å². The number of anilines is 1. The Morgan fingerprint density at radius 2 is 2.05 bits per heavy atom. The molecule has 0 saturated heterocycles. The van der Waals surface area contributed by atoms with Crippen LogP contribution in [0.25, 0.3) is 0 Å². The van der Waals surface area contributed by atoms with Crippen molar-refractivity contribution >= 4 is 23.2 Å². The number of nitrogens with one attached hydrogen (secondary N) is 1. The van der Waals surface area contributed by atoms with E-state index in [1.807, 2.05) is 0 Å². The number of nitro groups is 1. The summed E-state index contributed by atoms with van der Waals surface area (Å²) >= 11 is 5.64. The summed E-state index contributed by atoms with van der Waals surface area (Å²) in [6.45, 7) is 0.331. The van der Waals surface area contributed by atoms with E-state index >= 15 is 0 Å². The van der Waals surface area contributed by atoms with Crippen LogP contribution < -0.4 is 5.32 Å².